The van der Waals surface area contributed by atoms with Crippen molar-refractivity contribution in [3.8, 4) is 0 Å². The second-order valence-corrected chi connectivity index (χ2v) is 7.25. The van der Waals surface area contributed by atoms with Crippen LogP contribution in [-0.4, -0.2) is 28.9 Å². The van der Waals surface area contributed by atoms with Crippen LogP contribution in [0.25, 0.3) is 10.9 Å². The van der Waals surface area contributed by atoms with Gasteiger partial charge in [-0.3, -0.25) is 14.7 Å². The van der Waals surface area contributed by atoms with E-state index in [0.29, 0.717) is 0 Å². The van der Waals surface area contributed by atoms with Gasteiger partial charge in [0.25, 0.3) is 5.91 Å². The molecule has 4 nitrogen and oxygen atoms in total. The maximum atomic E-state index is 13.4. The smallest absolute Gasteiger partial charge is 0.256 e. The number of carbonyl (C=O) groups is 1. The minimum Gasteiger partial charge on any atom is -0.322 e. The first kappa shape index (κ1) is 17.7. The number of nitrogens with one attached hydrogen (secondary N) is 1. The van der Waals surface area contributed by atoms with Crippen molar-refractivity contribution in [1.82, 2.24) is 9.88 Å². The van der Waals surface area contributed by atoms with Crippen molar-refractivity contribution in [2.24, 2.45) is 0 Å². The molecule has 0 radical (unpaired) electrons. The molecule has 1 aliphatic rings. The number of rotatable bonds is 3. The van der Waals surface area contributed by atoms with Gasteiger partial charge in [-0.15, -0.1) is 0 Å². The predicted octanol–water partition coefficient (Wildman–Crippen LogP) is 4.48. The number of pyridine rings is 1. The number of aromatic nitrogens is 1. The molecular formula is C23H25N3O. The number of para-hydroxylation sites is 1. The standard InChI is InChI=1S/C23H25N3O/c1-4-26-13-12-21-18(14-26)22(17-9-5-6-10-20(17)24-21)23(27)25-19-11-7-8-15(2)16(19)3/h5-11H,4,12-14H2,1-3H3,(H,25,27). The van der Waals surface area contributed by atoms with Crippen LogP contribution in [0.15, 0.2) is 42.5 Å². The molecule has 138 valence electrons. The SMILES string of the molecule is CCN1CCc2nc3ccccc3c(C(=O)Nc3cccc(C)c3C)c2C1. The Morgan fingerprint density at radius 1 is 1.15 bits per heavy atom. The van der Waals surface area contributed by atoms with E-state index in [4.69, 9.17) is 4.98 Å². The number of amides is 1. The Balaban J connectivity index is 1.84. The highest BCUT2D eigenvalue weighted by Gasteiger charge is 2.25. The Hall–Kier alpha value is -2.72. The summed E-state index contributed by atoms with van der Waals surface area (Å²) in [4.78, 5) is 20.6. The fraction of sp³-hybridized carbons (Fsp3) is 0.304. The van der Waals surface area contributed by atoms with E-state index in [9.17, 15) is 4.79 Å². The van der Waals surface area contributed by atoms with Gasteiger partial charge in [-0.2, -0.15) is 0 Å². The summed E-state index contributed by atoms with van der Waals surface area (Å²) < 4.78 is 0. The summed E-state index contributed by atoms with van der Waals surface area (Å²) in [5.74, 6) is -0.0449. The van der Waals surface area contributed by atoms with Crippen molar-refractivity contribution in [3.05, 3.63) is 70.4 Å². The van der Waals surface area contributed by atoms with Gasteiger partial charge in [0, 0.05) is 41.8 Å². The number of likely N-dealkylation sites (N-methyl/N-ethyl adjacent to an activating group) is 1. The van der Waals surface area contributed by atoms with Crippen LogP contribution in [0.2, 0.25) is 0 Å². The molecule has 0 saturated heterocycles. The van der Waals surface area contributed by atoms with Crippen LogP contribution in [-0.2, 0) is 13.0 Å². The van der Waals surface area contributed by atoms with Crippen LogP contribution in [0.1, 0.15) is 39.7 Å². The molecule has 0 aliphatic carbocycles. The normalized spacial score (nSPS) is 14.2. The second kappa shape index (κ2) is 7.12. The quantitative estimate of drug-likeness (QED) is 0.750. The van der Waals surface area contributed by atoms with E-state index in [0.717, 1.165) is 65.0 Å². The molecular weight excluding hydrogens is 334 g/mol. The molecule has 4 heteroatoms. The molecule has 0 unspecified atom stereocenters. The summed E-state index contributed by atoms with van der Waals surface area (Å²) in [6, 6.07) is 14.0. The van der Waals surface area contributed by atoms with E-state index < -0.39 is 0 Å². The molecule has 0 bridgehead atoms. The maximum Gasteiger partial charge on any atom is 0.256 e. The predicted molar refractivity (Wildman–Crippen MR) is 110 cm³/mol. The number of nitrogens with zero attached hydrogens (tertiary/aromatic N) is 2. The number of aryl methyl sites for hydroxylation is 1. The van der Waals surface area contributed by atoms with Crippen molar-refractivity contribution in [3.63, 3.8) is 0 Å². The molecule has 1 N–H and O–H groups in total. The Morgan fingerprint density at radius 3 is 2.78 bits per heavy atom. The minimum absolute atomic E-state index is 0.0449. The first-order chi connectivity index (χ1) is 13.1. The number of anilines is 1. The molecule has 1 amide bonds. The summed E-state index contributed by atoms with van der Waals surface area (Å²) in [7, 11) is 0. The zero-order valence-corrected chi connectivity index (χ0v) is 16.2. The molecule has 2 aromatic carbocycles. The lowest BCUT2D eigenvalue weighted by molar-refractivity contribution is 0.102. The average molecular weight is 359 g/mol. The molecule has 27 heavy (non-hydrogen) atoms. The van der Waals surface area contributed by atoms with Crippen LogP contribution < -0.4 is 5.32 Å². The van der Waals surface area contributed by atoms with E-state index in [1.165, 1.54) is 5.56 Å². The van der Waals surface area contributed by atoms with Gasteiger partial charge in [0.15, 0.2) is 0 Å². The van der Waals surface area contributed by atoms with Gasteiger partial charge < -0.3 is 5.32 Å². The van der Waals surface area contributed by atoms with E-state index in [2.05, 4.69) is 30.1 Å². The number of carbonyl (C=O) groups excluding carboxylic acids is 1. The molecule has 0 saturated carbocycles. The van der Waals surface area contributed by atoms with Gasteiger partial charge in [0.1, 0.15) is 0 Å². The third kappa shape index (κ3) is 3.21. The largest absolute Gasteiger partial charge is 0.322 e. The lowest BCUT2D eigenvalue weighted by atomic mass is 9.95. The summed E-state index contributed by atoms with van der Waals surface area (Å²) >= 11 is 0. The van der Waals surface area contributed by atoms with E-state index in [1.54, 1.807) is 0 Å². The molecule has 1 aliphatic heterocycles. The van der Waals surface area contributed by atoms with Crippen LogP contribution in [0, 0.1) is 13.8 Å². The average Bonchev–Trinajstić information content (AvgIpc) is 2.69. The van der Waals surface area contributed by atoms with Crippen LogP contribution in [0.5, 0.6) is 0 Å². The fourth-order valence-electron chi connectivity index (χ4n) is 3.85. The highest BCUT2D eigenvalue weighted by Crippen LogP contribution is 2.29. The highest BCUT2D eigenvalue weighted by molar-refractivity contribution is 6.13. The summed E-state index contributed by atoms with van der Waals surface area (Å²) in [6.45, 7) is 9.02. The fourth-order valence-corrected chi connectivity index (χ4v) is 3.85. The van der Waals surface area contributed by atoms with Crippen LogP contribution in [0.4, 0.5) is 5.69 Å². The summed E-state index contributed by atoms with van der Waals surface area (Å²) in [5.41, 5.74) is 6.95. The minimum atomic E-state index is -0.0449. The van der Waals surface area contributed by atoms with Gasteiger partial charge in [-0.25, -0.2) is 0 Å². The Labute approximate surface area is 160 Å². The molecule has 1 aromatic heterocycles. The number of hydrogen-bond donors (Lipinski definition) is 1. The third-order valence-electron chi connectivity index (χ3n) is 5.65. The Kier molecular flexibility index (Phi) is 4.66. The Bertz CT molecular complexity index is 1030. The van der Waals surface area contributed by atoms with Crippen LogP contribution >= 0.6 is 0 Å². The summed E-state index contributed by atoms with van der Waals surface area (Å²) in [6.07, 6.45) is 0.887. The van der Waals surface area contributed by atoms with Gasteiger partial charge in [0.05, 0.1) is 11.1 Å². The zero-order valence-electron chi connectivity index (χ0n) is 16.2. The first-order valence-corrected chi connectivity index (χ1v) is 9.59. The van der Waals surface area contributed by atoms with Gasteiger partial charge >= 0.3 is 0 Å². The van der Waals surface area contributed by atoms with Gasteiger partial charge in [-0.1, -0.05) is 37.3 Å². The van der Waals surface area contributed by atoms with E-state index >= 15 is 0 Å². The zero-order chi connectivity index (χ0) is 19.0. The second-order valence-electron chi connectivity index (χ2n) is 7.25. The van der Waals surface area contributed by atoms with E-state index in [-0.39, 0.29) is 5.91 Å². The number of fused-ring (bicyclic) bond motifs is 2. The van der Waals surface area contributed by atoms with Crippen molar-refractivity contribution >= 4 is 22.5 Å². The topological polar surface area (TPSA) is 45.2 Å². The number of benzene rings is 2. The monoisotopic (exact) mass is 359 g/mol. The van der Waals surface area contributed by atoms with Crippen molar-refractivity contribution in [2.45, 2.75) is 33.7 Å². The van der Waals surface area contributed by atoms with Crippen molar-refractivity contribution in [1.29, 1.82) is 0 Å². The van der Waals surface area contributed by atoms with Gasteiger partial charge in [0.2, 0.25) is 0 Å². The first-order valence-electron chi connectivity index (χ1n) is 9.59. The molecule has 0 fully saturated rings. The molecule has 0 spiro atoms. The lowest BCUT2D eigenvalue weighted by Crippen LogP contribution is -2.33. The molecule has 3 aromatic rings. The molecule has 4 rings (SSSR count). The number of hydrogen-bond acceptors (Lipinski definition) is 3. The van der Waals surface area contributed by atoms with Gasteiger partial charge in [-0.05, 0) is 43.7 Å². The third-order valence-corrected chi connectivity index (χ3v) is 5.65. The van der Waals surface area contributed by atoms with Crippen molar-refractivity contribution < 1.29 is 4.79 Å². The molecule has 2 heterocycles. The summed E-state index contributed by atoms with van der Waals surface area (Å²) in [5, 5.41) is 4.08. The van der Waals surface area contributed by atoms with E-state index in [1.807, 2.05) is 43.3 Å². The van der Waals surface area contributed by atoms with Crippen LogP contribution in [0.3, 0.4) is 0 Å². The lowest BCUT2D eigenvalue weighted by Gasteiger charge is -2.29. The van der Waals surface area contributed by atoms with Crippen molar-refractivity contribution in [2.75, 3.05) is 18.4 Å². The maximum absolute atomic E-state index is 13.4. The molecule has 0 atom stereocenters. The Morgan fingerprint density at radius 2 is 1.96 bits per heavy atom. The highest BCUT2D eigenvalue weighted by atomic mass is 16.1.